The number of aliphatic hydroxyl groups excluding tert-OH is 1. The molecule has 1 aromatic rings. The normalized spacial score (nSPS) is 18.1. The number of carbonyl (C=O) groups excluding carboxylic acids is 2. The zero-order chi connectivity index (χ0) is 29.4. The SMILES string of the molecule is COCCO[C@@H]1Cc2ccccc2N(C(=O)CC(C)(C)C[C@H](NC(=O)OC(C)(C)C)[C@@H](O)C[C@@H](C)C(=O)O)C1. The number of para-hydroxylation sites is 1. The molecule has 0 spiro atoms. The number of carbonyl (C=O) groups is 3. The van der Waals surface area contributed by atoms with Crippen molar-refractivity contribution in [2.24, 2.45) is 11.3 Å². The number of fused-ring (bicyclic) bond motifs is 1. The van der Waals surface area contributed by atoms with Crippen LogP contribution in [0.4, 0.5) is 10.5 Å². The van der Waals surface area contributed by atoms with E-state index >= 15 is 0 Å². The first kappa shape index (κ1) is 32.5. The molecule has 0 fully saturated rings. The molecule has 0 radical (unpaired) electrons. The molecule has 0 saturated carbocycles. The smallest absolute Gasteiger partial charge is 0.407 e. The highest BCUT2D eigenvalue weighted by atomic mass is 16.6. The second-order valence-corrected chi connectivity index (χ2v) is 12.2. The number of alkyl carbamates (subject to hydrolysis) is 1. The molecule has 3 N–H and O–H groups in total. The summed E-state index contributed by atoms with van der Waals surface area (Å²) in [5, 5.41) is 23.0. The van der Waals surface area contributed by atoms with E-state index in [9.17, 15) is 24.6 Å². The van der Waals surface area contributed by atoms with Crippen molar-refractivity contribution in [3.63, 3.8) is 0 Å². The van der Waals surface area contributed by atoms with Gasteiger partial charge in [0.05, 0.1) is 43.9 Å². The number of rotatable bonds is 13. The first-order chi connectivity index (χ1) is 18.1. The molecule has 0 aromatic heterocycles. The number of nitrogens with one attached hydrogen (secondary N) is 1. The van der Waals surface area contributed by atoms with Crippen LogP contribution >= 0.6 is 0 Å². The van der Waals surface area contributed by atoms with E-state index in [1.165, 1.54) is 6.92 Å². The average Bonchev–Trinajstić information content (AvgIpc) is 2.81. The summed E-state index contributed by atoms with van der Waals surface area (Å²) in [6.07, 6.45) is -1.01. The van der Waals surface area contributed by atoms with Gasteiger partial charge in [0.15, 0.2) is 0 Å². The Kier molecular flexibility index (Phi) is 11.8. The topological polar surface area (TPSA) is 135 Å². The number of aliphatic hydroxyl groups is 1. The van der Waals surface area contributed by atoms with E-state index in [0.717, 1.165) is 11.3 Å². The Morgan fingerprint density at radius 3 is 2.41 bits per heavy atom. The number of ether oxygens (including phenoxy) is 3. The van der Waals surface area contributed by atoms with Crippen LogP contribution in [-0.2, 0) is 30.2 Å². The lowest BCUT2D eigenvalue weighted by atomic mass is 9.79. The van der Waals surface area contributed by atoms with Gasteiger partial charge in [0.1, 0.15) is 5.60 Å². The summed E-state index contributed by atoms with van der Waals surface area (Å²) in [7, 11) is 1.61. The van der Waals surface area contributed by atoms with Crippen molar-refractivity contribution in [1.82, 2.24) is 5.32 Å². The van der Waals surface area contributed by atoms with Crippen molar-refractivity contribution in [1.29, 1.82) is 0 Å². The van der Waals surface area contributed by atoms with Crippen LogP contribution in [0.25, 0.3) is 0 Å². The van der Waals surface area contributed by atoms with Crippen molar-refractivity contribution < 1.29 is 38.8 Å². The van der Waals surface area contributed by atoms with E-state index in [1.807, 2.05) is 38.1 Å². The minimum absolute atomic E-state index is 0.0557. The summed E-state index contributed by atoms with van der Waals surface area (Å²) < 4.78 is 16.4. The highest BCUT2D eigenvalue weighted by molar-refractivity contribution is 5.95. The van der Waals surface area contributed by atoms with E-state index in [2.05, 4.69) is 5.32 Å². The van der Waals surface area contributed by atoms with Gasteiger partial charge in [-0.1, -0.05) is 39.0 Å². The van der Waals surface area contributed by atoms with Gasteiger partial charge in [-0.15, -0.1) is 0 Å². The third-order valence-electron chi connectivity index (χ3n) is 6.64. The summed E-state index contributed by atoms with van der Waals surface area (Å²) in [6, 6.07) is 6.94. The predicted octanol–water partition coefficient (Wildman–Crippen LogP) is 3.78. The summed E-state index contributed by atoms with van der Waals surface area (Å²) >= 11 is 0. The molecule has 0 bridgehead atoms. The number of hydrogen-bond donors (Lipinski definition) is 3. The summed E-state index contributed by atoms with van der Waals surface area (Å²) in [4.78, 5) is 39.4. The molecule has 4 atom stereocenters. The maximum Gasteiger partial charge on any atom is 0.407 e. The van der Waals surface area contributed by atoms with Crippen LogP contribution in [0.1, 0.15) is 66.4 Å². The van der Waals surface area contributed by atoms with Gasteiger partial charge in [0.25, 0.3) is 0 Å². The van der Waals surface area contributed by atoms with Crippen LogP contribution in [0.3, 0.4) is 0 Å². The molecule has 10 nitrogen and oxygen atoms in total. The maximum absolute atomic E-state index is 13.7. The van der Waals surface area contributed by atoms with Gasteiger partial charge < -0.3 is 34.6 Å². The number of nitrogens with zero attached hydrogens (tertiary/aromatic N) is 1. The van der Waals surface area contributed by atoms with Gasteiger partial charge in [0, 0.05) is 25.6 Å². The molecular weight excluding hydrogens is 504 g/mol. The third-order valence-corrected chi connectivity index (χ3v) is 6.64. The highest BCUT2D eigenvalue weighted by Gasteiger charge is 2.36. The first-order valence-corrected chi connectivity index (χ1v) is 13.5. The number of methoxy groups -OCH3 is 1. The molecule has 0 aliphatic carbocycles. The molecule has 10 heteroatoms. The van der Waals surface area contributed by atoms with E-state index in [4.69, 9.17) is 14.2 Å². The summed E-state index contributed by atoms with van der Waals surface area (Å²) in [5.41, 5.74) is 0.481. The molecule has 220 valence electrons. The predicted molar refractivity (Wildman–Crippen MR) is 148 cm³/mol. The van der Waals surface area contributed by atoms with Gasteiger partial charge >= 0.3 is 12.1 Å². The summed E-state index contributed by atoms with van der Waals surface area (Å²) in [5.74, 6) is -1.95. The van der Waals surface area contributed by atoms with E-state index in [0.29, 0.717) is 26.2 Å². The van der Waals surface area contributed by atoms with Crippen molar-refractivity contribution >= 4 is 23.7 Å². The fourth-order valence-corrected chi connectivity index (χ4v) is 4.75. The number of aliphatic carboxylic acids is 1. The maximum atomic E-state index is 13.7. The van der Waals surface area contributed by atoms with Crippen molar-refractivity contribution in [3.8, 4) is 0 Å². The fraction of sp³-hybridized carbons (Fsp3) is 0.690. The van der Waals surface area contributed by atoms with Crippen LogP contribution < -0.4 is 10.2 Å². The Hall–Kier alpha value is -2.69. The van der Waals surface area contributed by atoms with E-state index in [1.54, 1.807) is 32.8 Å². The minimum atomic E-state index is -1.15. The Bertz CT molecular complexity index is 974. The largest absolute Gasteiger partial charge is 0.481 e. The number of carboxylic acid groups (broad SMARTS) is 1. The van der Waals surface area contributed by atoms with Crippen LogP contribution in [0.2, 0.25) is 0 Å². The molecule has 0 unspecified atom stereocenters. The number of hydrogen-bond acceptors (Lipinski definition) is 7. The van der Waals surface area contributed by atoms with Gasteiger partial charge in [-0.2, -0.15) is 0 Å². The van der Waals surface area contributed by atoms with Crippen molar-refractivity contribution in [3.05, 3.63) is 29.8 Å². The Morgan fingerprint density at radius 2 is 1.79 bits per heavy atom. The number of amides is 2. The number of carboxylic acids is 1. The molecule has 1 aliphatic heterocycles. The fourth-order valence-electron chi connectivity index (χ4n) is 4.75. The molecular formula is C29H46N2O8. The van der Waals surface area contributed by atoms with Crippen LogP contribution in [0, 0.1) is 11.3 Å². The second kappa shape index (κ2) is 14.1. The number of anilines is 1. The molecule has 1 aliphatic rings. The lowest BCUT2D eigenvalue weighted by Crippen LogP contribution is -2.49. The molecule has 2 rings (SSSR count). The Morgan fingerprint density at radius 1 is 1.13 bits per heavy atom. The average molecular weight is 551 g/mol. The van der Waals surface area contributed by atoms with Crippen molar-refractivity contribution in [2.45, 2.75) is 91.1 Å². The Labute approximate surface area is 232 Å². The van der Waals surface area contributed by atoms with Crippen LogP contribution in [0.5, 0.6) is 0 Å². The Balaban J connectivity index is 2.19. The second-order valence-electron chi connectivity index (χ2n) is 12.2. The van der Waals surface area contributed by atoms with Gasteiger partial charge in [0.2, 0.25) is 5.91 Å². The van der Waals surface area contributed by atoms with Crippen LogP contribution in [0.15, 0.2) is 24.3 Å². The minimum Gasteiger partial charge on any atom is -0.481 e. The lowest BCUT2D eigenvalue weighted by Gasteiger charge is -2.38. The van der Waals surface area contributed by atoms with Gasteiger partial charge in [-0.05, 0) is 50.7 Å². The monoisotopic (exact) mass is 550 g/mol. The zero-order valence-corrected chi connectivity index (χ0v) is 24.4. The lowest BCUT2D eigenvalue weighted by molar-refractivity contribution is -0.142. The van der Waals surface area contributed by atoms with Crippen LogP contribution in [-0.4, -0.2) is 78.9 Å². The first-order valence-electron chi connectivity index (χ1n) is 13.5. The zero-order valence-electron chi connectivity index (χ0n) is 24.4. The van der Waals surface area contributed by atoms with E-state index in [-0.39, 0.29) is 31.3 Å². The molecule has 2 amide bonds. The third kappa shape index (κ3) is 10.8. The van der Waals surface area contributed by atoms with E-state index < -0.39 is 41.1 Å². The van der Waals surface area contributed by atoms with Gasteiger partial charge in [-0.25, -0.2) is 4.79 Å². The molecule has 1 heterocycles. The highest BCUT2D eigenvalue weighted by Crippen LogP contribution is 2.34. The summed E-state index contributed by atoms with van der Waals surface area (Å²) in [6.45, 7) is 11.8. The standard InChI is InChI=1S/C29H46N2O8/c1-19(26(34)35)14-24(32)22(30-27(36)39-28(2,3)4)16-29(5,6)17-25(33)31-18-21(38-13-12-37-7)15-20-10-8-9-11-23(20)31/h8-11,19,21-22,24,32H,12-18H2,1-7H3,(H,30,36)(H,34,35)/t19-,21-,22+,24+/m1/s1. The molecule has 39 heavy (non-hydrogen) atoms. The number of benzene rings is 1. The molecule has 1 aromatic carbocycles. The quantitative estimate of drug-likeness (QED) is 0.316. The molecule has 0 saturated heterocycles. The van der Waals surface area contributed by atoms with Crippen molar-refractivity contribution in [2.75, 3.05) is 31.8 Å². The van der Waals surface area contributed by atoms with Gasteiger partial charge in [-0.3, -0.25) is 9.59 Å².